The van der Waals surface area contributed by atoms with Gasteiger partial charge >= 0.3 is 6.03 Å². The van der Waals surface area contributed by atoms with Crippen molar-refractivity contribution in [3.05, 3.63) is 59.2 Å². The second kappa shape index (κ2) is 6.71. The van der Waals surface area contributed by atoms with Crippen LogP contribution >= 0.6 is 0 Å². The molecule has 0 aliphatic carbocycles. The molecule has 2 aromatic rings. The lowest BCUT2D eigenvalue weighted by molar-refractivity contribution is -0.125. The van der Waals surface area contributed by atoms with Crippen LogP contribution in [-0.2, 0) is 21.4 Å². The molecule has 4 rings (SSSR count). The number of hydrogen-bond donors (Lipinski definition) is 3. The van der Waals surface area contributed by atoms with E-state index >= 15 is 0 Å². The van der Waals surface area contributed by atoms with Crippen molar-refractivity contribution in [3.8, 4) is 0 Å². The predicted molar refractivity (Wildman–Crippen MR) is 99.4 cm³/mol. The van der Waals surface area contributed by atoms with Crippen LogP contribution in [0.3, 0.4) is 0 Å². The number of carbonyl (C=O) groups excluding carboxylic acids is 4. The number of amides is 5. The van der Waals surface area contributed by atoms with Crippen LogP contribution in [0, 0.1) is 0 Å². The lowest BCUT2D eigenvalue weighted by Crippen LogP contribution is -2.30. The molecule has 3 N–H and O–H groups in total. The molecule has 0 unspecified atom stereocenters. The Kier molecular flexibility index (Phi) is 4.31. The summed E-state index contributed by atoms with van der Waals surface area (Å²) in [7, 11) is -4.04. The Morgan fingerprint density at radius 1 is 0.966 bits per heavy atom. The quantitative estimate of drug-likeness (QED) is 0.478. The third kappa shape index (κ3) is 3.43. The Morgan fingerprint density at radius 3 is 2.45 bits per heavy atom. The first kappa shape index (κ1) is 18.6. The molecule has 1 saturated heterocycles. The topological polar surface area (TPSA) is 142 Å². The van der Waals surface area contributed by atoms with Crippen LogP contribution in [0.4, 0.5) is 10.5 Å². The van der Waals surface area contributed by atoms with E-state index in [-0.39, 0.29) is 40.7 Å². The SMILES string of the molecule is O=C1NC(=O)c2cc(S(=O)(=O)Nc3cccc(CN4C(=O)CNC4=O)c3)ccc21. The molecular formula is C18H14N4O6S. The molecule has 0 aromatic heterocycles. The normalized spacial score (nSPS) is 15.9. The van der Waals surface area contributed by atoms with Gasteiger partial charge in [-0.2, -0.15) is 0 Å². The molecule has 11 heteroatoms. The van der Waals surface area contributed by atoms with E-state index < -0.39 is 27.9 Å². The average molecular weight is 414 g/mol. The minimum atomic E-state index is -4.04. The number of imide groups is 2. The van der Waals surface area contributed by atoms with E-state index in [2.05, 4.69) is 15.4 Å². The number of urea groups is 1. The molecule has 10 nitrogen and oxygen atoms in total. The van der Waals surface area contributed by atoms with Crippen LogP contribution in [0.2, 0.25) is 0 Å². The highest BCUT2D eigenvalue weighted by molar-refractivity contribution is 7.92. The van der Waals surface area contributed by atoms with E-state index in [4.69, 9.17) is 0 Å². The molecule has 2 aromatic carbocycles. The molecule has 29 heavy (non-hydrogen) atoms. The largest absolute Gasteiger partial charge is 0.329 e. The molecule has 2 aliphatic heterocycles. The summed E-state index contributed by atoms with van der Waals surface area (Å²) >= 11 is 0. The average Bonchev–Trinajstić information content (AvgIpc) is 3.14. The first-order chi connectivity index (χ1) is 13.7. The van der Waals surface area contributed by atoms with Gasteiger partial charge in [0.25, 0.3) is 21.8 Å². The Hall–Kier alpha value is -3.73. The van der Waals surface area contributed by atoms with E-state index in [1.807, 2.05) is 0 Å². The Balaban J connectivity index is 1.57. The molecule has 0 atom stereocenters. The van der Waals surface area contributed by atoms with E-state index in [1.165, 1.54) is 24.3 Å². The summed E-state index contributed by atoms with van der Waals surface area (Å²) < 4.78 is 27.8. The van der Waals surface area contributed by atoms with E-state index in [0.29, 0.717) is 5.56 Å². The number of anilines is 1. The highest BCUT2D eigenvalue weighted by atomic mass is 32.2. The number of rotatable bonds is 5. The zero-order chi connectivity index (χ0) is 20.8. The van der Waals surface area contributed by atoms with Gasteiger partial charge in [-0.3, -0.25) is 29.3 Å². The summed E-state index contributed by atoms with van der Waals surface area (Å²) in [6, 6.07) is 9.38. The molecule has 0 saturated carbocycles. The second-order valence-corrected chi connectivity index (χ2v) is 8.12. The number of benzene rings is 2. The zero-order valence-electron chi connectivity index (χ0n) is 14.8. The van der Waals surface area contributed by atoms with Crippen LogP contribution < -0.4 is 15.4 Å². The zero-order valence-corrected chi connectivity index (χ0v) is 15.6. The first-order valence-corrected chi connectivity index (χ1v) is 9.92. The van der Waals surface area contributed by atoms with Gasteiger partial charge in [0.05, 0.1) is 29.1 Å². The summed E-state index contributed by atoms with van der Waals surface area (Å²) in [5.41, 5.74) is 0.875. The highest BCUT2D eigenvalue weighted by Crippen LogP contribution is 2.23. The van der Waals surface area contributed by atoms with Gasteiger partial charge in [-0.25, -0.2) is 13.2 Å². The third-order valence-corrected chi connectivity index (χ3v) is 5.85. The number of nitrogens with one attached hydrogen (secondary N) is 3. The molecule has 1 fully saturated rings. The van der Waals surface area contributed by atoms with Crippen LogP contribution in [0.25, 0.3) is 0 Å². The molecule has 0 spiro atoms. The summed E-state index contributed by atoms with van der Waals surface area (Å²) in [6.07, 6.45) is 0. The first-order valence-electron chi connectivity index (χ1n) is 8.44. The lowest BCUT2D eigenvalue weighted by atomic mass is 10.1. The van der Waals surface area contributed by atoms with Crippen molar-refractivity contribution in [2.24, 2.45) is 0 Å². The van der Waals surface area contributed by atoms with Crippen LogP contribution in [0.15, 0.2) is 47.4 Å². The van der Waals surface area contributed by atoms with Crippen molar-refractivity contribution in [2.75, 3.05) is 11.3 Å². The number of sulfonamides is 1. The number of nitrogens with zero attached hydrogens (tertiary/aromatic N) is 1. The van der Waals surface area contributed by atoms with Gasteiger partial charge < -0.3 is 5.32 Å². The second-order valence-electron chi connectivity index (χ2n) is 6.44. The summed E-state index contributed by atoms with van der Waals surface area (Å²) in [4.78, 5) is 47.6. The molecule has 2 heterocycles. The number of fused-ring (bicyclic) bond motifs is 1. The standard InChI is InChI=1S/C18H14N4O6S/c23-15-8-19-18(26)22(15)9-10-2-1-3-11(6-10)21-29(27,28)12-4-5-13-14(7-12)17(25)20-16(13)24/h1-7,21H,8-9H2,(H,19,26)(H,20,24,25). The summed E-state index contributed by atoms with van der Waals surface area (Å²) in [5, 5.41) is 4.51. The van der Waals surface area contributed by atoms with Gasteiger partial charge in [0.15, 0.2) is 0 Å². The Bertz CT molecular complexity index is 1170. The maximum atomic E-state index is 12.7. The fourth-order valence-corrected chi connectivity index (χ4v) is 4.13. The summed E-state index contributed by atoms with van der Waals surface area (Å²) in [5.74, 6) is -1.60. The molecule has 2 aliphatic rings. The van der Waals surface area contributed by atoms with Crippen molar-refractivity contribution in [1.82, 2.24) is 15.5 Å². The monoisotopic (exact) mass is 414 g/mol. The van der Waals surface area contributed by atoms with Crippen LogP contribution in [-0.4, -0.2) is 43.6 Å². The van der Waals surface area contributed by atoms with Gasteiger partial charge in [-0.1, -0.05) is 12.1 Å². The molecular weight excluding hydrogens is 400 g/mol. The van der Waals surface area contributed by atoms with Crippen molar-refractivity contribution in [1.29, 1.82) is 0 Å². The van der Waals surface area contributed by atoms with Gasteiger partial charge in [-0.15, -0.1) is 0 Å². The van der Waals surface area contributed by atoms with E-state index in [0.717, 1.165) is 11.0 Å². The maximum absolute atomic E-state index is 12.7. The highest BCUT2D eigenvalue weighted by Gasteiger charge is 2.30. The van der Waals surface area contributed by atoms with Crippen molar-refractivity contribution in [2.45, 2.75) is 11.4 Å². The smallest absolute Gasteiger partial charge is 0.324 e. The van der Waals surface area contributed by atoms with E-state index in [1.54, 1.807) is 12.1 Å². The van der Waals surface area contributed by atoms with Gasteiger partial charge in [0.2, 0.25) is 5.91 Å². The van der Waals surface area contributed by atoms with Gasteiger partial charge in [0, 0.05) is 5.69 Å². The van der Waals surface area contributed by atoms with Crippen LogP contribution in [0.1, 0.15) is 26.3 Å². The lowest BCUT2D eigenvalue weighted by Gasteiger charge is -2.14. The van der Waals surface area contributed by atoms with Crippen molar-refractivity contribution in [3.63, 3.8) is 0 Å². The fourth-order valence-electron chi connectivity index (χ4n) is 3.06. The molecule has 0 bridgehead atoms. The molecule has 5 amide bonds. The van der Waals surface area contributed by atoms with Crippen molar-refractivity contribution >= 4 is 39.5 Å². The van der Waals surface area contributed by atoms with Crippen molar-refractivity contribution < 1.29 is 27.6 Å². The van der Waals surface area contributed by atoms with E-state index in [9.17, 15) is 27.6 Å². The minimum absolute atomic E-state index is 0.00135. The molecule has 148 valence electrons. The Labute approximate surface area is 164 Å². The predicted octanol–water partition coefficient (Wildman–Crippen LogP) is 0.423. The van der Waals surface area contributed by atoms with Gasteiger partial charge in [-0.05, 0) is 35.9 Å². The Morgan fingerprint density at radius 2 is 1.72 bits per heavy atom. The molecule has 0 radical (unpaired) electrons. The number of carbonyl (C=O) groups is 4. The fraction of sp³-hybridized carbons (Fsp3) is 0.111. The minimum Gasteiger partial charge on any atom is -0.329 e. The number of hydrogen-bond acceptors (Lipinski definition) is 6. The third-order valence-electron chi connectivity index (χ3n) is 4.47. The summed E-state index contributed by atoms with van der Waals surface area (Å²) in [6.45, 7) is -0.0685. The maximum Gasteiger partial charge on any atom is 0.324 e. The van der Waals surface area contributed by atoms with Gasteiger partial charge in [0.1, 0.15) is 0 Å². The van der Waals surface area contributed by atoms with Crippen LogP contribution in [0.5, 0.6) is 0 Å².